The summed E-state index contributed by atoms with van der Waals surface area (Å²) in [6.45, 7) is 0.249. The Bertz CT molecular complexity index is 1300. The molecule has 1 aliphatic carbocycles. The van der Waals surface area contributed by atoms with E-state index in [2.05, 4.69) is 10.3 Å². The van der Waals surface area contributed by atoms with E-state index in [-0.39, 0.29) is 23.9 Å². The molecule has 0 amide bonds. The maximum absolute atomic E-state index is 11.9. The summed E-state index contributed by atoms with van der Waals surface area (Å²) in [4.78, 5) is 37.1. The number of fused-ring (bicyclic) bond motifs is 2. The van der Waals surface area contributed by atoms with Gasteiger partial charge in [-0.3, -0.25) is 14.4 Å². The lowest BCUT2D eigenvalue weighted by atomic mass is 10.0. The minimum atomic E-state index is -1.32. The summed E-state index contributed by atoms with van der Waals surface area (Å²) in [7, 11) is 3.20. The van der Waals surface area contributed by atoms with Crippen LogP contribution in [0.2, 0.25) is 0 Å². The molecule has 0 radical (unpaired) electrons. The van der Waals surface area contributed by atoms with Crippen LogP contribution in [0.3, 0.4) is 0 Å². The number of ether oxygens (including phenoxy) is 3. The number of aliphatic hydroxyl groups is 1. The summed E-state index contributed by atoms with van der Waals surface area (Å²) >= 11 is 0. The Hall–Kier alpha value is -3.89. The molecule has 4 rings (SSSR count). The van der Waals surface area contributed by atoms with Crippen LogP contribution in [-0.4, -0.2) is 53.9 Å². The molecule has 3 aromatic rings. The first-order chi connectivity index (χ1) is 16.8. The Morgan fingerprint density at radius 3 is 2.31 bits per heavy atom. The second kappa shape index (κ2) is 10.2. The first-order valence-corrected chi connectivity index (χ1v) is 11.0. The molecule has 35 heavy (non-hydrogen) atoms. The van der Waals surface area contributed by atoms with Crippen LogP contribution >= 0.6 is 0 Å². The summed E-state index contributed by atoms with van der Waals surface area (Å²) in [6.07, 6.45) is -0.182. The first kappa shape index (κ1) is 24.2. The highest BCUT2D eigenvalue weighted by Crippen LogP contribution is 2.35. The molecule has 0 saturated carbocycles. The van der Waals surface area contributed by atoms with Crippen molar-refractivity contribution in [3.8, 4) is 17.2 Å². The average Bonchev–Trinajstić information content (AvgIpc) is 3.23. The highest BCUT2D eigenvalue weighted by atomic mass is 16.5. The van der Waals surface area contributed by atoms with E-state index in [9.17, 15) is 19.5 Å². The zero-order valence-electron chi connectivity index (χ0n) is 19.3. The number of benzene rings is 2. The van der Waals surface area contributed by atoms with Crippen LogP contribution in [0, 0.1) is 0 Å². The van der Waals surface area contributed by atoms with E-state index in [1.54, 1.807) is 20.3 Å². The van der Waals surface area contributed by atoms with Gasteiger partial charge in [0, 0.05) is 24.0 Å². The van der Waals surface area contributed by atoms with E-state index < -0.39 is 30.0 Å². The SMILES string of the molecule is COc1cc2c(cc1OC)CC(NCC(O)c1ccc(OC(=O)CC(=O)O)c3[nH]c(=O)ccc13)C2. The number of nitrogens with one attached hydrogen (secondary N) is 2. The fourth-order valence-corrected chi connectivity index (χ4v) is 4.38. The fraction of sp³-hybridized carbons (Fsp3) is 0.320. The summed E-state index contributed by atoms with van der Waals surface area (Å²) in [5.41, 5.74) is 2.63. The topological polar surface area (TPSA) is 147 Å². The molecule has 0 aliphatic heterocycles. The molecule has 1 aromatic heterocycles. The molecule has 0 bridgehead atoms. The maximum Gasteiger partial charge on any atom is 0.322 e. The van der Waals surface area contributed by atoms with Crippen LogP contribution in [-0.2, 0) is 22.4 Å². The first-order valence-electron chi connectivity index (χ1n) is 11.0. The third-order valence-electron chi connectivity index (χ3n) is 6.01. The normalized spacial score (nSPS) is 13.9. The Morgan fingerprint density at radius 1 is 1.06 bits per heavy atom. The van der Waals surface area contributed by atoms with E-state index in [1.165, 1.54) is 18.2 Å². The van der Waals surface area contributed by atoms with Gasteiger partial charge in [0.1, 0.15) is 6.42 Å². The third-order valence-corrected chi connectivity index (χ3v) is 6.01. The predicted octanol–water partition coefficient (Wildman–Crippen LogP) is 1.72. The molecule has 4 N–H and O–H groups in total. The van der Waals surface area contributed by atoms with Crippen LogP contribution in [0.5, 0.6) is 17.2 Å². The van der Waals surface area contributed by atoms with Crippen LogP contribution in [0.25, 0.3) is 10.9 Å². The summed E-state index contributed by atoms with van der Waals surface area (Å²) in [5.74, 6) is -0.917. The van der Waals surface area contributed by atoms with Crippen molar-refractivity contribution in [3.63, 3.8) is 0 Å². The molecule has 1 atom stereocenters. The second-order valence-corrected chi connectivity index (χ2v) is 8.31. The number of aromatic amines is 1. The lowest BCUT2D eigenvalue weighted by molar-refractivity contribution is -0.145. The quantitative estimate of drug-likeness (QED) is 0.203. The summed E-state index contributed by atoms with van der Waals surface area (Å²) < 4.78 is 15.9. The van der Waals surface area contributed by atoms with Crippen LogP contribution in [0.15, 0.2) is 41.2 Å². The van der Waals surface area contributed by atoms with E-state index in [1.807, 2.05) is 12.1 Å². The van der Waals surface area contributed by atoms with E-state index in [0.717, 1.165) is 24.0 Å². The Labute approximate surface area is 200 Å². The largest absolute Gasteiger partial charge is 0.493 e. The number of hydrogen-bond donors (Lipinski definition) is 4. The third kappa shape index (κ3) is 5.28. The van der Waals surface area contributed by atoms with Crippen molar-refractivity contribution in [2.45, 2.75) is 31.4 Å². The molecule has 2 aromatic carbocycles. The summed E-state index contributed by atoms with van der Waals surface area (Å²) in [5, 5.41) is 23.6. The van der Waals surface area contributed by atoms with Gasteiger partial charge < -0.3 is 34.7 Å². The van der Waals surface area contributed by atoms with Gasteiger partial charge >= 0.3 is 11.9 Å². The lowest BCUT2D eigenvalue weighted by Gasteiger charge is -2.19. The van der Waals surface area contributed by atoms with Crippen molar-refractivity contribution in [3.05, 3.63) is 63.4 Å². The van der Waals surface area contributed by atoms with Gasteiger partial charge in [0.2, 0.25) is 5.56 Å². The number of carbonyl (C=O) groups is 2. The Balaban J connectivity index is 1.50. The van der Waals surface area contributed by atoms with Gasteiger partial charge in [0.15, 0.2) is 17.2 Å². The van der Waals surface area contributed by atoms with E-state index in [0.29, 0.717) is 22.4 Å². The van der Waals surface area contributed by atoms with Crippen molar-refractivity contribution in [1.29, 1.82) is 0 Å². The number of aliphatic hydroxyl groups excluding tert-OH is 1. The molecule has 1 heterocycles. The highest BCUT2D eigenvalue weighted by Gasteiger charge is 2.25. The van der Waals surface area contributed by atoms with Gasteiger partial charge in [0.05, 0.1) is 25.8 Å². The molecule has 184 valence electrons. The zero-order chi connectivity index (χ0) is 25.1. The number of H-pyrrole nitrogens is 1. The molecule has 0 saturated heterocycles. The molecular weight excluding hydrogens is 456 g/mol. The maximum atomic E-state index is 11.9. The number of aliphatic carboxylic acids is 1. The summed E-state index contributed by atoms with van der Waals surface area (Å²) in [6, 6.07) is 9.92. The number of rotatable bonds is 9. The second-order valence-electron chi connectivity index (χ2n) is 8.31. The standard InChI is InChI=1S/C25H26N2O8/c1-33-20-9-13-7-15(8-14(13)10-21(20)34-2)26-12-18(28)16-3-5-19(35-24(32)11-23(30)31)25-17(16)4-6-22(29)27-25/h3-6,9-10,15,18,26,28H,7-8,11-12H2,1-2H3,(H,27,29)(H,30,31). The number of carboxylic acid groups (broad SMARTS) is 1. The molecule has 1 aliphatic rings. The van der Waals surface area contributed by atoms with Gasteiger partial charge in [-0.05, 0) is 53.8 Å². The lowest BCUT2D eigenvalue weighted by Crippen LogP contribution is -2.33. The average molecular weight is 482 g/mol. The minimum Gasteiger partial charge on any atom is -0.493 e. The van der Waals surface area contributed by atoms with Gasteiger partial charge in [-0.1, -0.05) is 6.07 Å². The van der Waals surface area contributed by atoms with Gasteiger partial charge in [0.25, 0.3) is 0 Å². The van der Waals surface area contributed by atoms with E-state index in [4.69, 9.17) is 19.3 Å². The Morgan fingerprint density at radius 2 is 1.71 bits per heavy atom. The van der Waals surface area contributed by atoms with Crippen LogP contribution in [0.1, 0.15) is 29.2 Å². The predicted molar refractivity (Wildman–Crippen MR) is 126 cm³/mol. The van der Waals surface area contributed by atoms with Crippen LogP contribution in [0.4, 0.5) is 0 Å². The zero-order valence-corrected chi connectivity index (χ0v) is 19.3. The number of carboxylic acids is 1. The minimum absolute atomic E-state index is 0.0157. The monoisotopic (exact) mass is 482 g/mol. The fourth-order valence-electron chi connectivity index (χ4n) is 4.38. The van der Waals surface area contributed by atoms with Crippen LogP contribution < -0.4 is 25.1 Å². The molecule has 1 unspecified atom stereocenters. The number of methoxy groups -OCH3 is 2. The molecule has 0 spiro atoms. The Kier molecular flexibility index (Phi) is 7.04. The van der Waals surface area contributed by atoms with Gasteiger partial charge in [-0.2, -0.15) is 0 Å². The van der Waals surface area contributed by atoms with E-state index >= 15 is 0 Å². The molecular formula is C25H26N2O8. The van der Waals surface area contributed by atoms with Gasteiger partial charge in [-0.25, -0.2) is 0 Å². The van der Waals surface area contributed by atoms with Crippen molar-refractivity contribution in [2.75, 3.05) is 20.8 Å². The molecule has 0 fully saturated rings. The van der Waals surface area contributed by atoms with Crippen molar-refractivity contribution in [2.24, 2.45) is 0 Å². The molecule has 10 heteroatoms. The van der Waals surface area contributed by atoms with Crippen molar-refractivity contribution >= 4 is 22.8 Å². The number of carbonyl (C=O) groups excluding carboxylic acids is 1. The van der Waals surface area contributed by atoms with Crippen molar-refractivity contribution < 1.29 is 34.0 Å². The number of pyridine rings is 1. The number of aromatic nitrogens is 1. The van der Waals surface area contributed by atoms with Gasteiger partial charge in [-0.15, -0.1) is 0 Å². The smallest absolute Gasteiger partial charge is 0.322 e. The van der Waals surface area contributed by atoms with Crippen molar-refractivity contribution in [1.82, 2.24) is 10.3 Å². The number of esters is 1. The highest BCUT2D eigenvalue weighted by molar-refractivity contribution is 5.94. The number of hydrogen-bond acceptors (Lipinski definition) is 8. The molecule has 10 nitrogen and oxygen atoms in total.